The van der Waals surface area contributed by atoms with Crippen LogP contribution in [-0.4, -0.2) is 29.2 Å². The van der Waals surface area contributed by atoms with E-state index in [1.807, 2.05) is 0 Å². The Bertz CT molecular complexity index is 414. The SMILES string of the molecule is CNC(=O)C(C)Nc1snc(C)c1C(C)=O. The summed E-state index contributed by atoms with van der Waals surface area (Å²) in [4.78, 5) is 22.7. The lowest BCUT2D eigenvalue weighted by Crippen LogP contribution is -2.35. The Morgan fingerprint density at radius 2 is 2.06 bits per heavy atom. The average Bonchev–Trinajstić information content (AvgIpc) is 2.58. The molecule has 16 heavy (non-hydrogen) atoms. The number of likely N-dealkylation sites (N-methyl/N-ethyl adjacent to an activating group) is 1. The molecule has 0 aliphatic heterocycles. The largest absolute Gasteiger partial charge is 0.364 e. The van der Waals surface area contributed by atoms with Crippen molar-refractivity contribution in [3.63, 3.8) is 0 Å². The van der Waals surface area contributed by atoms with E-state index in [1.165, 1.54) is 18.5 Å². The van der Waals surface area contributed by atoms with Gasteiger partial charge in [-0.1, -0.05) is 0 Å². The van der Waals surface area contributed by atoms with Crippen LogP contribution in [0.5, 0.6) is 0 Å². The molecule has 0 fully saturated rings. The highest BCUT2D eigenvalue weighted by molar-refractivity contribution is 7.10. The second kappa shape index (κ2) is 5.07. The van der Waals surface area contributed by atoms with E-state index in [1.54, 1.807) is 20.9 Å². The molecule has 0 bridgehead atoms. The van der Waals surface area contributed by atoms with Crippen molar-refractivity contribution in [2.45, 2.75) is 26.8 Å². The molecule has 5 nitrogen and oxygen atoms in total. The number of aryl methyl sites for hydroxylation is 1. The van der Waals surface area contributed by atoms with Crippen molar-refractivity contribution in [2.75, 3.05) is 12.4 Å². The maximum absolute atomic E-state index is 11.4. The zero-order valence-electron chi connectivity index (χ0n) is 9.75. The number of nitrogens with one attached hydrogen (secondary N) is 2. The number of hydrogen-bond acceptors (Lipinski definition) is 5. The van der Waals surface area contributed by atoms with Crippen molar-refractivity contribution < 1.29 is 9.59 Å². The van der Waals surface area contributed by atoms with Crippen LogP contribution in [0.15, 0.2) is 0 Å². The van der Waals surface area contributed by atoms with Crippen LogP contribution in [0.1, 0.15) is 29.9 Å². The van der Waals surface area contributed by atoms with E-state index in [-0.39, 0.29) is 17.7 Å². The monoisotopic (exact) mass is 241 g/mol. The molecule has 0 aliphatic rings. The summed E-state index contributed by atoms with van der Waals surface area (Å²) >= 11 is 1.20. The summed E-state index contributed by atoms with van der Waals surface area (Å²) in [7, 11) is 1.57. The van der Waals surface area contributed by atoms with Gasteiger partial charge in [0.2, 0.25) is 5.91 Å². The van der Waals surface area contributed by atoms with Crippen molar-refractivity contribution >= 4 is 28.2 Å². The van der Waals surface area contributed by atoms with Crippen LogP contribution >= 0.6 is 11.5 Å². The first-order chi connectivity index (χ1) is 7.47. The van der Waals surface area contributed by atoms with Gasteiger partial charge in [0, 0.05) is 7.05 Å². The summed E-state index contributed by atoms with van der Waals surface area (Å²) in [5.41, 5.74) is 1.27. The molecule has 1 heterocycles. The van der Waals surface area contributed by atoms with Gasteiger partial charge in [-0.15, -0.1) is 0 Å². The van der Waals surface area contributed by atoms with Gasteiger partial charge in [0.15, 0.2) is 5.78 Å². The minimum atomic E-state index is -0.386. The highest BCUT2D eigenvalue weighted by Crippen LogP contribution is 2.25. The zero-order valence-corrected chi connectivity index (χ0v) is 10.6. The molecule has 1 rings (SSSR count). The number of nitrogens with zero attached hydrogens (tertiary/aromatic N) is 1. The van der Waals surface area contributed by atoms with Gasteiger partial charge in [0.05, 0.1) is 11.3 Å². The molecule has 2 N–H and O–H groups in total. The third-order valence-electron chi connectivity index (χ3n) is 2.20. The van der Waals surface area contributed by atoms with Gasteiger partial charge < -0.3 is 10.6 Å². The predicted molar refractivity (Wildman–Crippen MR) is 64.0 cm³/mol. The van der Waals surface area contributed by atoms with Gasteiger partial charge in [0.1, 0.15) is 11.0 Å². The van der Waals surface area contributed by atoms with E-state index >= 15 is 0 Å². The number of Topliss-reactive ketones (excluding diaryl/α,β-unsaturated/α-hetero) is 1. The molecule has 6 heteroatoms. The van der Waals surface area contributed by atoms with Crippen molar-refractivity contribution in [3.05, 3.63) is 11.3 Å². The van der Waals surface area contributed by atoms with E-state index in [4.69, 9.17) is 0 Å². The lowest BCUT2D eigenvalue weighted by Gasteiger charge is -2.12. The molecule has 1 amide bonds. The van der Waals surface area contributed by atoms with Crippen molar-refractivity contribution in [1.82, 2.24) is 9.69 Å². The fraction of sp³-hybridized carbons (Fsp3) is 0.500. The molecule has 0 saturated heterocycles. The van der Waals surface area contributed by atoms with Gasteiger partial charge >= 0.3 is 0 Å². The third kappa shape index (κ3) is 2.57. The van der Waals surface area contributed by atoms with Crippen LogP contribution in [0, 0.1) is 6.92 Å². The number of ketones is 1. The Hall–Kier alpha value is -1.43. The van der Waals surface area contributed by atoms with E-state index in [0.29, 0.717) is 16.3 Å². The number of rotatable bonds is 4. The highest BCUT2D eigenvalue weighted by atomic mass is 32.1. The average molecular weight is 241 g/mol. The van der Waals surface area contributed by atoms with Gasteiger partial charge in [-0.25, -0.2) is 0 Å². The third-order valence-corrected chi connectivity index (χ3v) is 3.07. The number of anilines is 1. The normalized spacial score (nSPS) is 12.0. The molecule has 0 saturated carbocycles. The maximum atomic E-state index is 11.4. The van der Waals surface area contributed by atoms with E-state index < -0.39 is 0 Å². The molecule has 0 radical (unpaired) electrons. The van der Waals surface area contributed by atoms with Crippen LogP contribution in [0.2, 0.25) is 0 Å². The minimum absolute atomic E-state index is 0.0437. The van der Waals surface area contributed by atoms with Gasteiger partial charge in [-0.05, 0) is 32.3 Å². The van der Waals surface area contributed by atoms with Crippen molar-refractivity contribution in [1.29, 1.82) is 0 Å². The Labute approximate surface area is 98.4 Å². The molecule has 1 unspecified atom stereocenters. The van der Waals surface area contributed by atoms with Gasteiger partial charge in [0.25, 0.3) is 0 Å². The Morgan fingerprint density at radius 3 is 2.56 bits per heavy atom. The van der Waals surface area contributed by atoms with Gasteiger partial charge in [-0.3, -0.25) is 9.59 Å². The number of aromatic nitrogens is 1. The molecular formula is C10H15N3O2S. The first-order valence-electron chi connectivity index (χ1n) is 4.92. The van der Waals surface area contributed by atoms with Crippen LogP contribution in [-0.2, 0) is 4.79 Å². The first kappa shape index (κ1) is 12.6. The smallest absolute Gasteiger partial charge is 0.241 e. The summed E-state index contributed by atoms with van der Waals surface area (Å²) in [6.07, 6.45) is 0. The van der Waals surface area contributed by atoms with Crippen molar-refractivity contribution in [3.8, 4) is 0 Å². The topological polar surface area (TPSA) is 71.1 Å². The number of amides is 1. The summed E-state index contributed by atoms with van der Waals surface area (Å²) in [5.74, 6) is -0.168. The molecule has 0 aliphatic carbocycles. The van der Waals surface area contributed by atoms with Crippen molar-refractivity contribution in [2.24, 2.45) is 0 Å². The molecule has 1 aromatic heterocycles. The van der Waals surface area contributed by atoms with Crippen LogP contribution < -0.4 is 10.6 Å². The molecule has 0 aromatic carbocycles. The summed E-state index contributed by atoms with van der Waals surface area (Å²) < 4.78 is 4.10. The second-order valence-corrected chi connectivity index (χ2v) is 4.28. The van der Waals surface area contributed by atoms with Crippen LogP contribution in [0.4, 0.5) is 5.00 Å². The quantitative estimate of drug-likeness (QED) is 0.777. The fourth-order valence-corrected chi connectivity index (χ4v) is 2.29. The van der Waals surface area contributed by atoms with E-state index in [9.17, 15) is 9.59 Å². The van der Waals surface area contributed by atoms with E-state index in [2.05, 4.69) is 15.0 Å². The summed E-state index contributed by atoms with van der Waals surface area (Å²) in [6.45, 7) is 5.01. The molecule has 1 aromatic rings. The Morgan fingerprint density at radius 1 is 1.44 bits per heavy atom. The van der Waals surface area contributed by atoms with Crippen LogP contribution in [0.3, 0.4) is 0 Å². The fourth-order valence-electron chi connectivity index (χ4n) is 1.36. The summed E-state index contributed by atoms with van der Waals surface area (Å²) in [6, 6.07) is -0.386. The minimum Gasteiger partial charge on any atom is -0.364 e. The van der Waals surface area contributed by atoms with E-state index in [0.717, 1.165) is 0 Å². The van der Waals surface area contributed by atoms with Crippen LogP contribution in [0.25, 0.3) is 0 Å². The molecule has 1 atom stereocenters. The zero-order chi connectivity index (χ0) is 12.3. The Kier molecular flexibility index (Phi) is 4.00. The Balaban J connectivity index is 2.89. The molecular weight excluding hydrogens is 226 g/mol. The first-order valence-corrected chi connectivity index (χ1v) is 5.70. The highest BCUT2D eigenvalue weighted by Gasteiger charge is 2.18. The molecule has 88 valence electrons. The number of carbonyl (C=O) groups excluding carboxylic acids is 2. The maximum Gasteiger partial charge on any atom is 0.241 e. The number of carbonyl (C=O) groups is 2. The standard InChI is InChI=1S/C10H15N3O2S/c1-5-8(7(3)14)10(16-13-5)12-6(2)9(15)11-4/h6,12H,1-4H3,(H,11,15). The predicted octanol–water partition coefficient (Wildman–Crippen LogP) is 1.20. The lowest BCUT2D eigenvalue weighted by atomic mass is 10.2. The molecule has 0 spiro atoms. The second-order valence-electron chi connectivity index (χ2n) is 3.51. The lowest BCUT2D eigenvalue weighted by molar-refractivity contribution is -0.121. The van der Waals surface area contributed by atoms with Gasteiger partial charge in [-0.2, -0.15) is 4.37 Å². The number of hydrogen-bond donors (Lipinski definition) is 2. The summed E-state index contributed by atoms with van der Waals surface area (Å²) in [5, 5.41) is 6.18.